The largest absolute Gasteiger partial charge is 0.385 e. The molecule has 5 rings (SSSR count). The molecule has 210 valence electrons. The first-order valence-corrected chi connectivity index (χ1v) is 15.3. The van der Waals surface area contributed by atoms with E-state index in [4.69, 9.17) is 27.1 Å². The number of aryl methyl sites for hydroxylation is 1. The van der Waals surface area contributed by atoms with Crippen LogP contribution >= 0.6 is 11.6 Å². The van der Waals surface area contributed by atoms with Gasteiger partial charge < -0.3 is 19.9 Å². The molecule has 0 spiro atoms. The number of hydrogen-bond acceptors (Lipinski definition) is 6. The minimum atomic E-state index is -3.83. The molecular weight excluding hydrogens is 538 g/mol. The topological polar surface area (TPSA) is 111 Å². The third-order valence-corrected chi connectivity index (χ3v) is 10.4. The Labute approximate surface area is 234 Å². The van der Waals surface area contributed by atoms with Crippen molar-refractivity contribution in [3.05, 3.63) is 58.9 Å². The van der Waals surface area contributed by atoms with Gasteiger partial charge in [0.05, 0.1) is 21.8 Å². The molecule has 2 aliphatic rings. The molecule has 39 heavy (non-hydrogen) atoms. The van der Waals surface area contributed by atoms with Crippen LogP contribution in [0.4, 0.5) is 0 Å². The number of ether oxygens (including phenoxy) is 1. The molecule has 0 radical (unpaired) electrons. The Kier molecular flexibility index (Phi) is 8.30. The third-order valence-electron chi connectivity index (χ3n) is 8.00. The molecule has 3 heterocycles. The van der Waals surface area contributed by atoms with Crippen LogP contribution in [0.3, 0.4) is 0 Å². The van der Waals surface area contributed by atoms with Crippen molar-refractivity contribution in [1.29, 1.82) is 0 Å². The Balaban J connectivity index is 1.34. The lowest BCUT2D eigenvalue weighted by atomic mass is 9.94. The lowest BCUT2D eigenvalue weighted by Gasteiger charge is -2.35. The molecule has 1 amide bonds. The zero-order valence-electron chi connectivity index (χ0n) is 22.4. The summed E-state index contributed by atoms with van der Waals surface area (Å²) in [4.78, 5) is 20.7. The standard InChI is InChI=1S/C28H36ClN5O4S/c1-19-22(29)9-5-12-26(19)39(36,37)33-17-21(23(30)18-33)28(35)32-13-6-8-20(16-32)27-31-24-10-3-4-11-25(24)34(27)14-7-15-38-2/h3-5,9-12,20-21,23H,6-8,13-18,30H2,1-2H3/t20-,21-,23-/m1/s1. The number of hydrogen-bond donors (Lipinski definition) is 1. The number of benzene rings is 2. The van der Waals surface area contributed by atoms with Crippen molar-refractivity contribution in [1.82, 2.24) is 18.8 Å². The minimum absolute atomic E-state index is 0.0605. The minimum Gasteiger partial charge on any atom is -0.385 e. The van der Waals surface area contributed by atoms with Gasteiger partial charge in [0.1, 0.15) is 5.82 Å². The first-order chi connectivity index (χ1) is 18.7. The fourth-order valence-electron chi connectivity index (χ4n) is 5.89. The number of carbonyl (C=O) groups excluding carboxylic acids is 1. The molecule has 2 aliphatic heterocycles. The van der Waals surface area contributed by atoms with Crippen LogP contribution < -0.4 is 5.73 Å². The number of nitrogens with zero attached hydrogens (tertiary/aromatic N) is 4. The molecule has 0 saturated carbocycles. The number of nitrogens with two attached hydrogens (primary N) is 1. The Hall–Kier alpha value is -2.50. The van der Waals surface area contributed by atoms with Crippen LogP contribution in [0.5, 0.6) is 0 Å². The van der Waals surface area contributed by atoms with Gasteiger partial charge in [0.25, 0.3) is 0 Å². The van der Waals surface area contributed by atoms with Crippen molar-refractivity contribution in [3.8, 4) is 0 Å². The van der Waals surface area contributed by atoms with Crippen molar-refractivity contribution < 1.29 is 17.9 Å². The van der Waals surface area contributed by atoms with Gasteiger partial charge >= 0.3 is 0 Å². The van der Waals surface area contributed by atoms with Crippen molar-refractivity contribution >= 4 is 38.6 Å². The lowest BCUT2D eigenvalue weighted by molar-refractivity contribution is -0.136. The summed E-state index contributed by atoms with van der Waals surface area (Å²) in [7, 11) is -2.13. The number of imidazole rings is 1. The number of piperidine rings is 1. The molecule has 2 fully saturated rings. The molecular formula is C28H36ClN5O4S. The molecule has 1 aromatic heterocycles. The number of amides is 1. The summed E-state index contributed by atoms with van der Waals surface area (Å²) in [6.07, 6.45) is 2.65. The number of sulfonamides is 1. The molecule has 9 nitrogen and oxygen atoms in total. The maximum absolute atomic E-state index is 13.7. The summed E-state index contributed by atoms with van der Waals surface area (Å²) in [5.74, 6) is 0.388. The number of carbonyl (C=O) groups is 1. The average molecular weight is 574 g/mol. The van der Waals surface area contributed by atoms with E-state index in [1.807, 2.05) is 23.1 Å². The Morgan fingerprint density at radius 3 is 2.74 bits per heavy atom. The molecule has 2 aromatic carbocycles. The van der Waals surface area contributed by atoms with Gasteiger partial charge in [0.2, 0.25) is 15.9 Å². The van der Waals surface area contributed by atoms with Crippen molar-refractivity contribution in [2.24, 2.45) is 11.7 Å². The SMILES string of the molecule is COCCCn1c([C@@H]2CCCN(C(=O)[C@@H]3CN(S(=O)(=O)c4cccc(Cl)c4C)C[C@H]3N)C2)nc2ccccc21. The molecule has 0 aliphatic carbocycles. The first kappa shape index (κ1) is 28.0. The Morgan fingerprint density at radius 2 is 1.95 bits per heavy atom. The number of fused-ring (bicyclic) bond motifs is 1. The molecule has 11 heteroatoms. The second-order valence-electron chi connectivity index (χ2n) is 10.5. The predicted molar refractivity (Wildman–Crippen MR) is 151 cm³/mol. The summed E-state index contributed by atoms with van der Waals surface area (Å²) in [5, 5.41) is 0.389. The van der Waals surface area contributed by atoms with Gasteiger partial charge in [-0.25, -0.2) is 13.4 Å². The maximum atomic E-state index is 13.7. The molecule has 0 unspecified atom stereocenters. The van der Waals surface area contributed by atoms with Gasteiger partial charge in [-0.3, -0.25) is 4.79 Å². The van der Waals surface area contributed by atoms with E-state index in [1.54, 1.807) is 32.2 Å². The summed E-state index contributed by atoms with van der Waals surface area (Å²) in [6.45, 7) is 4.46. The van der Waals surface area contributed by atoms with E-state index in [0.29, 0.717) is 30.3 Å². The lowest BCUT2D eigenvalue weighted by Crippen LogP contribution is -2.47. The van der Waals surface area contributed by atoms with E-state index in [9.17, 15) is 13.2 Å². The van der Waals surface area contributed by atoms with Crippen molar-refractivity contribution in [3.63, 3.8) is 0 Å². The van der Waals surface area contributed by atoms with Gasteiger partial charge in [0.15, 0.2) is 0 Å². The van der Waals surface area contributed by atoms with E-state index in [1.165, 1.54) is 4.31 Å². The highest BCUT2D eigenvalue weighted by molar-refractivity contribution is 7.89. The fraction of sp³-hybridized carbons (Fsp3) is 0.500. The van der Waals surface area contributed by atoms with Gasteiger partial charge in [-0.1, -0.05) is 29.8 Å². The third kappa shape index (κ3) is 5.45. The van der Waals surface area contributed by atoms with Crippen LogP contribution in [0.1, 0.15) is 36.6 Å². The molecule has 2 saturated heterocycles. The Morgan fingerprint density at radius 1 is 1.15 bits per heavy atom. The maximum Gasteiger partial charge on any atom is 0.243 e. The van der Waals surface area contributed by atoms with Crippen LogP contribution in [-0.4, -0.2) is 79.0 Å². The van der Waals surface area contributed by atoms with Crippen LogP contribution in [0.2, 0.25) is 5.02 Å². The van der Waals surface area contributed by atoms with Crippen LogP contribution in [0.25, 0.3) is 11.0 Å². The summed E-state index contributed by atoms with van der Waals surface area (Å²) in [6, 6.07) is 12.4. The van der Waals surface area contributed by atoms with E-state index in [-0.39, 0.29) is 29.8 Å². The predicted octanol–water partition coefficient (Wildman–Crippen LogP) is 3.39. The summed E-state index contributed by atoms with van der Waals surface area (Å²) >= 11 is 6.19. The number of methoxy groups -OCH3 is 1. The van der Waals surface area contributed by atoms with Crippen molar-refractivity contribution in [2.45, 2.75) is 49.6 Å². The quantitative estimate of drug-likeness (QED) is 0.414. The van der Waals surface area contributed by atoms with Crippen LogP contribution in [0, 0.1) is 12.8 Å². The van der Waals surface area contributed by atoms with Crippen LogP contribution in [0.15, 0.2) is 47.4 Å². The molecule has 3 aromatic rings. The van der Waals surface area contributed by atoms with E-state index >= 15 is 0 Å². The highest BCUT2D eigenvalue weighted by Crippen LogP contribution is 2.33. The molecule has 3 atom stereocenters. The Bertz CT molecular complexity index is 1460. The second kappa shape index (κ2) is 11.5. The number of rotatable bonds is 8. The smallest absolute Gasteiger partial charge is 0.243 e. The van der Waals surface area contributed by atoms with Gasteiger partial charge in [-0.05, 0) is 56.0 Å². The zero-order valence-corrected chi connectivity index (χ0v) is 24.0. The molecule has 0 bridgehead atoms. The van der Waals surface area contributed by atoms with Crippen LogP contribution in [-0.2, 0) is 26.1 Å². The van der Waals surface area contributed by atoms with E-state index in [0.717, 1.165) is 42.7 Å². The highest BCUT2D eigenvalue weighted by atomic mass is 35.5. The number of aromatic nitrogens is 2. The van der Waals surface area contributed by atoms with Gasteiger partial charge in [0, 0.05) is 63.4 Å². The highest BCUT2D eigenvalue weighted by Gasteiger charge is 2.44. The zero-order chi connectivity index (χ0) is 27.7. The summed E-state index contributed by atoms with van der Waals surface area (Å²) < 4.78 is 35.7. The number of para-hydroxylation sites is 2. The number of halogens is 1. The summed E-state index contributed by atoms with van der Waals surface area (Å²) in [5.41, 5.74) is 8.93. The first-order valence-electron chi connectivity index (χ1n) is 13.5. The average Bonchev–Trinajstić information content (AvgIpc) is 3.51. The second-order valence-corrected chi connectivity index (χ2v) is 12.8. The normalized spacial score (nSPS) is 22.6. The monoisotopic (exact) mass is 573 g/mol. The van der Waals surface area contributed by atoms with Crippen molar-refractivity contribution in [2.75, 3.05) is 39.9 Å². The molecule has 2 N–H and O–H groups in total. The van der Waals surface area contributed by atoms with E-state index < -0.39 is 22.0 Å². The fourth-order valence-corrected chi connectivity index (χ4v) is 7.87. The van der Waals surface area contributed by atoms with Gasteiger partial charge in [-0.15, -0.1) is 0 Å². The van der Waals surface area contributed by atoms with E-state index in [2.05, 4.69) is 10.6 Å². The number of likely N-dealkylation sites (tertiary alicyclic amines) is 1. The van der Waals surface area contributed by atoms with Gasteiger partial charge in [-0.2, -0.15) is 4.31 Å².